The van der Waals surface area contributed by atoms with Crippen LogP contribution in [0.25, 0.3) is 0 Å². The topological polar surface area (TPSA) is 37.8 Å². The summed E-state index contributed by atoms with van der Waals surface area (Å²) in [5.74, 6) is 0. The number of aromatic nitrogens is 2. The van der Waals surface area contributed by atoms with E-state index in [-0.39, 0.29) is 6.04 Å². The third-order valence-corrected chi connectivity index (χ3v) is 4.47. The summed E-state index contributed by atoms with van der Waals surface area (Å²) in [6.45, 7) is 5.35. The zero-order valence-electron chi connectivity index (χ0n) is 12.6. The maximum atomic E-state index is 6.10. The fourth-order valence-electron chi connectivity index (χ4n) is 2.37. The highest BCUT2D eigenvalue weighted by Crippen LogP contribution is 2.26. The van der Waals surface area contributed by atoms with Gasteiger partial charge in [-0.1, -0.05) is 48.5 Å². The van der Waals surface area contributed by atoms with Crippen molar-refractivity contribution >= 4 is 23.1 Å². The van der Waals surface area contributed by atoms with Crippen LogP contribution in [0.4, 0.5) is 0 Å². The number of rotatable bonds is 8. The molecule has 0 saturated heterocycles. The van der Waals surface area contributed by atoms with Crippen molar-refractivity contribution in [2.24, 2.45) is 0 Å². The maximum Gasteiger partial charge on any atom is 0.0803 e. The number of hydrogen-bond acceptors (Lipinski definition) is 4. The van der Waals surface area contributed by atoms with Gasteiger partial charge in [-0.2, -0.15) is 0 Å². The van der Waals surface area contributed by atoms with Gasteiger partial charge in [0.25, 0.3) is 0 Å². The molecule has 1 N–H and O–H groups in total. The molecule has 3 nitrogen and oxygen atoms in total. The molecule has 0 amide bonds. The lowest BCUT2D eigenvalue weighted by Crippen LogP contribution is -2.24. The normalized spacial score (nSPS) is 12.5. The van der Waals surface area contributed by atoms with E-state index >= 15 is 0 Å². The monoisotopic (exact) mass is 323 g/mol. The molecular weight excluding hydrogens is 302 g/mol. The summed E-state index contributed by atoms with van der Waals surface area (Å²) in [6.07, 6.45) is 4.12. The van der Waals surface area contributed by atoms with Crippen molar-refractivity contribution in [3.63, 3.8) is 0 Å². The van der Waals surface area contributed by atoms with Crippen LogP contribution >= 0.6 is 23.1 Å². The number of hydrogen-bond donors (Lipinski definition) is 1. The molecule has 1 heterocycles. The van der Waals surface area contributed by atoms with Crippen LogP contribution in [0.5, 0.6) is 0 Å². The molecule has 2 aromatic rings. The Bertz CT molecular complexity index is 556. The molecule has 0 aliphatic heterocycles. The van der Waals surface area contributed by atoms with E-state index in [9.17, 15) is 0 Å². The second kappa shape index (κ2) is 8.47. The molecular formula is C16H22ClN3S. The van der Waals surface area contributed by atoms with Crippen molar-refractivity contribution in [2.45, 2.75) is 45.6 Å². The van der Waals surface area contributed by atoms with Gasteiger partial charge in [0.05, 0.1) is 10.6 Å². The number of nitrogens with one attached hydrogen (secondary N) is 1. The lowest BCUT2D eigenvalue weighted by molar-refractivity contribution is 0.531. The van der Waals surface area contributed by atoms with E-state index in [0.29, 0.717) is 0 Å². The van der Waals surface area contributed by atoms with Gasteiger partial charge in [-0.3, -0.25) is 0 Å². The third-order valence-electron chi connectivity index (χ3n) is 3.36. The fraction of sp³-hybridized carbons (Fsp3) is 0.500. The average Bonchev–Trinajstić information content (AvgIpc) is 2.92. The summed E-state index contributed by atoms with van der Waals surface area (Å²) in [5, 5.41) is 8.71. The van der Waals surface area contributed by atoms with Crippen molar-refractivity contribution in [1.29, 1.82) is 0 Å². The molecule has 1 aromatic heterocycles. The predicted octanol–water partition coefficient (Wildman–Crippen LogP) is 4.43. The first-order valence-electron chi connectivity index (χ1n) is 7.53. The molecule has 0 aliphatic carbocycles. The molecule has 2 rings (SSSR count). The zero-order chi connectivity index (χ0) is 15.1. The summed E-state index contributed by atoms with van der Waals surface area (Å²) >= 11 is 7.61. The van der Waals surface area contributed by atoms with Gasteiger partial charge < -0.3 is 5.32 Å². The molecule has 114 valence electrons. The summed E-state index contributed by atoms with van der Waals surface area (Å²) in [5.41, 5.74) is 2.38. The SMILES string of the molecule is CCCNC(Cc1cccc(Cl)c1)c1snnc1CCC. The van der Waals surface area contributed by atoms with Gasteiger partial charge in [0.15, 0.2) is 0 Å². The Balaban J connectivity index is 2.19. The molecule has 0 saturated carbocycles. The Labute approximate surface area is 135 Å². The maximum absolute atomic E-state index is 6.10. The van der Waals surface area contributed by atoms with Crippen LogP contribution in [0.3, 0.4) is 0 Å². The van der Waals surface area contributed by atoms with Gasteiger partial charge >= 0.3 is 0 Å². The highest BCUT2D eigenvalue weighted by Gasteiger charge is 2.19. The molecule has 1 aromatic carbocycles. The molecule has 0 radical (unpaired) electrons. The first kappa shape index (κ1) is 16.4. The molecule has 0 spiro atoms. The second-order valence-corrected chi connectivity index (χ2v) is 6.40. The van der Waals surface area contributed by atoms with Gasteiger partial charge in [0, 0.05) is 11.1 Å². The van der Waals surface area contributed by atoms with E-state index in [1.54, 1.807) is 0 Å². The van der Waals surface area contributed by atoms with Crippen molar-refractivity contribution < 1.29 is 0 Å². The summed E-state index contributed by atoms with van der Waals surface area (Å²) in [4.78, 5) is 1.27. The number of benzene rings is 1. The number of halogens is 1. The Morgan fingerprint density at radius 2 is 2.14 bits per heavy atom. The third kappa shape index (κ3) is 4.77. The fourth-order valence-corrected chi connectivity index (χ4v) is 3.35. The largest absolute Gasteiger partial charge is 0.309 e. The first-order valence-corrected chi connectivity index (χ1v) is 8.68. The van der Waals surface area contributed by atoms with Gasteiger partial charge in [0.1, 0.15) is 0 Å². The van der Waals surface area contributed by atoms with Gasteiger partial charge in [-0.15, -0.1) is 5.10 Å². The number of nitrogens with zero attached hydrogens (tertiary/aromatic N) is 2. The summed E-state index contributed by atoms with van der Waals surface area (Å²) in [6, 6.07) is 8.35. The summed E-state index contributed by atoms with van der Waals surface area (Å²) < 4.78 is 4.15. The van der Waals surface area contributed by atoms with E-state index in [2.05, 4.69) is 34.8 Å². The van der Waals surface area contributed by atoms with Gasteiger partial charge in [0.2, 0.25) is 0 Å². The standard InChI is InChI=1S/C16H22ClN3S/c1-3-6-14-16(21-20-19-14)15(18-9-4-2)11-12-7-5-8-13(17)10-12/h5,7-8,10,15,18H,3-4,6,9,11H2,1-2H3. The van der Waals surface area contributed by atoms with E-state index in [1.807, 2.05) is 18.2 Å². The quantitative estimate of drug-likeness (QED) is 0.781. The Kier molecular flexibility index (Phi) is 6.61. The van der Waals surface area contributed by atoms with Crippen molar-refractivity contribution in [3.05, 3.63) is 45.4 Å². The zero-order valence-corrected chi connectivity index (χ0v) is 14.2. The molecule has 5 heteroatoms. The van der Waals surface area contributed by atoms with E-state index in [4.69, 9.17) is 11.6 Å². The predicted molar refractivity (Wildman–Crippen MR) is 90.1 cm³/mol. The van der Waals surface area contributed by atoms with E-state index in [0.717, 1.165) is 42.9 Å². The van der Waals surface area contributed by atoms with Crippen LogP contribution in [0.2, 0.25) is 5.02 Å². The lowest BCUT2D eigenvalue weighted by Gasteiger charge is -2.18. The highest BCUT2D eigenvalue weighted by molar-refractivity contribution is 7.05. The number of aryl methyl sites for hydroxylation is 1. The molecule has 21 heavy (non-hydrogen) atoms. The molecule has 0 aliphatic rings. The first-order chi connectivity index (χ1) is 10.2. The minimum Gasteiger partial charge on any atom is -0.309 e. The lowest BCUT2D eigenvalue weighted by atomic mass is 10.0. The smallest absolute Gasteiger partial charge is 0.0803 e. The summed E-state index contributed by atoms with van der Waals surface area (Å²) in [7, 11) is 0. The Morgan fingerprint density at radius 3 is 2.86 bits per heavy atom. The van der Waals surface area contributed by atoms with Crippen LogP contribution < -0.4 is 5.32 Å². The molecule has 0 fully saturated rings. The van der Waals surface area contributed by atoms with Crippen molar-refractivity contribution in [2.75, 3.05) is 6.54 Å². The molecule has 1 unspecified atom stereocenters. The van der Waals surface area contributed by atoms with Crippen LogP contribution in [-0.2, 0) is 12.8 Å². The molecule has 0 bridgehead atoms. The minimum absolute atomic E-state index is 0.268. The minimum atomic E-state index is 0.268. The Hall–Kier alpha value is -0.970. The average molecular weight is 324 g/mol. The highest BCUT2D eigenvalue weighted by atomic mass is 35.5. The Morgan fingerprint density at radius 1 is 1.29 bits per heavy atom. The second-order valence-electron chi connectivity index (χ2n) is 5.17. The molecule has 1 atom stereocenters. The van der Waals surface area contributed by atoms with Crippen molar-refractivity contribution in [3.8, 4) is 0 Å². The van der Waals surface area contributed by atoms with E-state index in [1.165, 1.54) is 22.0 Å². The van der Waals surface area contributed by atoms with Crippen LogP contribution in [0.1, 0.15) is 48.9 Å². The van der Waals surface area contributed by atoms with Gasteiger partial charge in [-0.25, -0.2) is 0 Å². The van der Waals surface area contributed by atoms with Crippen LogP contribution in [0, 0.1) is 0 Å². The van der Waals surface area contributed by atoms with Gasteiger partial charge in [-0.05, 0) is 55.0 Å². The van der Waals surface area contributed by atoms with Crippen LogP contribution in [0.15, 0.2) is 24.3 Å². The van der Waals surface area contributed by atoms with Crippen LogP contribution in [-0.4, -0.2) is 16.1 Å². The van der Waals surface area contributed by atoms with E-state index < -0.39 is 0 Å². The van der Waals surface area contributed by atoms with Crippen molar-refractivity contribution in [1.82, 2.24) is 14.9 Å².